The molecule has 1 heterocycles. The van der Waals surface area contributed by atoms with Gasteiger partial charge in [-0.25, -0.2) is 8.78 Å². The van der Waals surface area contributed by atoms with Gasteiger partial charge in [0.25, 0.3) is 0 Å². The summed E-state index contributed by atoms with van der Waals surface area (Å²) in [6, 6.07) is 7.22. The number of hydrogen-bond donors (Lipinski definition) is 2. The zero-order chi connectivity index (χ0) is 13.2. The number of benzene rings is 1. The van der Waals surface area contributed by atoms with E-state index in [0.29, 0.717) is 0 Å². The van der Waals surface area contributed by atoms with Gasteiger partial charge in [-0.1, -0.05) is 12.1 Å². The van der Waals surface area contributed by atoms with Gasteiger partial charge >= 0.3 is 12.3 Å². The summed E-state index contributed by atoms with van der Waals surface area (Å²) in [5.74, 6) is -3.99. The van der Waals surface area contributed by atoms with Crippen LogP contribution in [-0.4, -0.2) is 23.9 Å². The maximum Gasteiger partial charge on any atom is 0.319 e. The van der Waals surface area contributed by atoms with Crippen molar-refractivity contribution >= 4 is 10.9 Å². The van der Waals surface area contributed by atoms with Gasteiger partial charge in [-0.2, -0.15) is 8.78 Å². The molecule has 2 N–H and O–H groups in total. The molecule has 2 aromatic rings. The molecule has 0 aliphatic rings. The number of alkyl halides is 4. The van der Waals surface area contributed by atoms with E-state index >= 15 is 0 Å². The Bertz CT molecular complexity index is 522. The van der Waals surface area contributed by atoms with Crippen LogP contribution in [0, 0.1) is 0 Å². The number of aromatic nitrogens is 1. The van der Waals surface area contributed by atoms with Gasteiger partial charge in [0, 0.05) is 23.6 Å². The Morgan fingerprint density at radius 2 is 2.00 bits per heavy atom. The third kappa shape index (κ3) is 2.64. The minimum atomic E-state index is -3.99. The Kier molecular flexibility index (Phi) is 3.56. The molecule has 1 aromatic heterocycles. The quantitative estimate of drug-likeness (QED) is 0.794. The summed E-state index contributed by atoms with van der Waals surface area (Å²) in [5, 5.41) is 3.26. The summed E-state index contributed by atoms with van der Waals surface area (Å²) < 4.78 is 49.3. The van der Waals surface area contributed by atoms with Crippen molar-refractivity contribution in [1.29, 1.82) is 0 Å². The minimum absolute atomic E-state index is 0.123. The van der Waals surface area contributed by atoms with Gasteiger partial charge in [-0.3, -0.25) is 0 Å². The molecule has 0 aliphatic heterocycles. The monoisotopic (exact) mass is 260 g/mol. The van der Waals surface area contributed by atoms with Crippen LogP contribution in [0.1, 0.15) is 5.56 Å². The third-order valence-corrected chi connectivity index (χ3v) is 2.68. The lowest BCUT2D eigenvalue weighted by atomic mass is 10.1. The molecule has 18 heavy (non-hydrogen) atoms. The molecule has 0 atom stereocenters. The van der Waals surface area contributed by atoms with E-state index in [0.717, 1.165) is 16.5 Å². The van der Waals surface area contributed by atoms with Crippen LogP contribution in [0.4, 0.5) is 17.6 Å². The van der Waals surface area contributed by atoms with Gasteiger partial charge in [-0.05, 0) is 17.7 Å². The summed E-state index contributed by atoms with van der Waals surface area (Å²) in [7, 11) is 0. The highest BCUT2D eigenvalue weighted by atomic mass is 19.3. The Morgan fingerprint density at radius 3 is 2.72 bits per heavy atom. The maximum atomic E-state index is 12.7. The summed E-state index contributed by atoms with van der Waals surface area (Å²) in [4.78, 5) is 2.99. The van der Waals surface area contributed by atoms with E-state index in [-0.39, 0.29) is 6.54 Å². The minimum Gasteiger partial charge on any atom is -0.361 e. The lowest BCUT2D eigenvalue weighted by molar-refractivity contribution is -0.125. The van der Waals surface area contributed by atoms with Crippen LogP contribution in [0.15, 0.2) is 30.5 Å². The molecule has 2 rings (SSSR count). The zero-order valence-electron chi connectivity index (χ0n) is 9.39. The number of fused-ring (bicyclic) bond motifs is 1. The largest absolute Gasteiger partial charge is 0.361 e. The smallest absolute Gasteiger partial charge is 0.319 e. The van der Waals surface area contributed by atoms with E-state index < -0.39 is 18.9 Å². The number of H-pyrrole nitrogens is 1. The normalized spacial score (nSPS) is 12.5. The number of nitrogens with one attached hydrogen (secondary N) is 2. The first-order valence-corrected chi connectivity index (χ1v) is 5.42. The first-order chi connectivity index (χ1) is 8.50. The second-order valence-corrected chi connectivity index (χ2v) is 4.02. The second-order valence-electron chi connectivity index (χ2n) is 4.02. The predicted octanol–water partition coefficient (Wildman–Crippen LogP) is 3.16. The van der Waals surface area contributed by atoms with Crippen LogP contribution in [-0.2, 0) is 6.54 Å². The lowest BCUT2D eigenvalue weighted by Crippen LogP contribution is -2.38. The molecule has 0 radical (unpaired) electrons. The average Bonchev–Trinajstić information content (AvgIpc) is 2.77. The molecule has 98 valence electrons. The van der Waals surface area contributed by atoms with Crippen molar-refractivity contribution in [1.82, 2.24) is 10.3 Å². The standard InChI is InChI=1S/C12H12F4N2/c13-11(14)12(15,16)7-17-6-8-2-1-3-10-9(8)4-5-18-10/h1-5,11,17-18H,6-7H2. The molecule has 1 aromatic carbocycles. The van der Waals surface area contributed by atoms with Crippen LogP contribution in [0.3, 0.4) is 0 Å². The molecule has 0 saturated carbocycles. The average molecular weight is 260 g/mol. The second kappa shape index (κ2) is 4.97. The fourth-order valence-electron chi connectivity index (χ4n) is 1.75. The summed E-state index contributed by atoms with van der Waals surface area (Å²) in [6.07, 6.45) is -1.91. The van der Waals surface area contributed by atoms with Crippen molar-refractivity contribution in [2.75, 3.05) is 6.54 Å². The van der Waals surface area contributed by atoms with Crippen molar-refractivity contribution in [2.24, 2.45) is 0 Å². The van der Waals surface area contributed by atoms with Gasteiger partial charge in [0.1, 0.15) is 0 Å². The van der Waals surface area contributed by atoms with Gasteiger partial charge in [0.15, 0.2) is 0 Å². The fourth-order valence-corrected chi connectivity index (χ4v) is 1.75. The molecule has 0 saturated heterocycles. The van der Waals surface area contributed by atoms with Gasteiger partial charge < -0.3 is 10.3 Å². The molecule has 6 heteroatoms. The number of aromatic amines is 1. The lowest BCUT2D eigenvalue weighted by Gasteiger charge is -2.16. The Balaban J connectivity index is 2.01. The number of hydrogen-bond acceptors (Lipinski definition) is 1. The van der Waals surface area contributed by atoms with Gasteiger partial charge in [0.2, 0.25) is 0 Å². The van der Waals surface area contributed by atoms with Crippen molar-refractivity contribution in [3.63, 3.8) is 0 Å². The van der Waals surface area contributed by atoms with Crippen molar-refractivity contribution < 1.29 is 17.6 Å². The zero-order valence-corrected chi connectivity index (χ0v) is 9.39. The van der Waals surface area contributed by atoms with Crippen LogP contribution in [0.5, 0.6) is 0 Å². The van der Waals surface area contributed by atoms with Crippen LogP contribution in [0.2, 0.25) is 0 Å². The Labute approximate surface area is 101 Å². The third-order valence-electron chi connectivity index (χ3n) is 2.68. The summed E-state index contributed by atoms with van der Waals surface area (Å²) in [5.41, 5.74) is 1.67. The maximum absolute atomic E-state index is 12.7. The predicted molar refractivity (Wildman–Crippen MR) is 61.0 cm³/mol. The van der Waals surface area contributed by atoms with E-state index in [1.807, 2.05) is 12.1 Å². The molecular formula is C12H12F4N2. The Morgan fingerprint density at radius 1 is 1.22 bits per heavy atom. The molecule has 0 unspecified atom stereocenters. The molecule has 0 fully saturated rings. The van der Waals surface area contributed by atoms with E-state index in [4.69, 9.17) is 0 Å². The topological polar surface area (TPSA) is 27.8 Å². The van der Waals surface area contributed by atoms with Crippen LogP contribution < -0.4 is 5.32 Å². The van der Waals surface area contributed by atoms with Crippen molar-refractivity contribution in [3.05, 3.63) is 36.0 Å². The highest BCUT2D eigenvalue weighted by molar-refractivity contribution is 5.82. The van der Waals surface area contributed by atoms with Crippen LogP contribution >= 0.6 is 0 Å². The van der Waals surface area contributed by atoms with E-state index in [1.54, 1.807) is 18.3 Å². The van der Waals surface area contributed by atoms with Crippen LogP contribution in [0.25, 0.3) is 10.9 Å². The first kappa shape index (κ1) is 12.9. The molecule has 0 amide bonds. The number of rotatable bonds is 5. The summed E-state index contributed by atoms with van der Waals surface area (Å²) >= 11 is 0. The Hall–Kier alpha value is -1.56. The fraction of sp³-hybridized carbons (Fsp3) is 0.333. The van der Waals surface area contributed by atoms with Crippen molar-refractivity contribution in [3.8, 4) is 0 Å². The summed E-state index contributed by atoms with van der Waals surface area (Å²) in [6.45, 7) is -0.914. The van der Waals surface area contributed by atoms with Gasteiger partial charge in [0.05, 0.1) is 6.54 Å². The number of halogens is 4. The van der Waals surface area contributed by atoms with E-state index in [9.17, 15) is 17.6 Å². The molecule has 2 nitrogen and oxygen atoms in total. The highest BCUT2D eigenvalue weighted by Crippen LogP contribution is 2.22. The molecule has 0 spiro atoms. The SMILES string of the molecule is FC(F)C(F)(F)CNCc1cccc2[nH]ccc12. The molecule has 0 aliphatic carbocycles. The first-order valence-electron chi connectivity index (χ1n) is 5.42. The molecular weight excluding hydrogens is 248 g/mol. The van der Waals surface area contributed by atoms with Gasteiger partial charge in [-0.15, -0.1) is 0 Å². The van der Waals surface area contributed by atoms with Crippen molar-refractivity contribution in [2.45, 2.75) is 18.9 Å². The molecule has 0 bridgehead atoms. The van der Waals surface area contributed by atoms with E-state index in [2.05, 4.69) is 10.3 Å². The van der Waals surface area contributed by atoms with E-state index in [1.165, 1.54) is 0 Å². The highest BCUT2D eigenvalue weighted by Gasteiger charge is 2.39.